The third-order valence-electron chi connectivity index (χ3n) is 2.45. The molecule has 0 bridgehead atoms. The fourth-order valence-electron chi connectivity index (χ4n) is 1.56. The Bertz CT molecular complexity index is 409. The molecule has 0 unspecified atom stereocenters. The Morgan fingerprint density at radius 1 is 1.47 bits per heavy atom. The lowest BCUT2D eigenvalue weighted by Gasteiger charge is -2.10. The Balaban J connectivity index is 2.32. The second-order valence-corrected chi connectivity index (χ2v) is 5.48. The summed E-state index contributed by atoms with van der Waals surface area (Å²) in [5.74, 6) is 0.889. The Labute approximate surface area is 120 Å². The van der Waals surface area contributed by atoms with E-state index in [1.807, 2.05) is 13.1 Å². The van der Waals surface area contributed by atoms with E-state index in [0.29, 0.717) is 0 Å². The predicted octanol–water partition coefficient (Wildman–Crippen LogP) is 2.52. The minimum atomic E-state index is 0.816. The van der Waals surface area contributed by atoms with Gasteiger partial charge in [-0.1, -0.05) is 12.2 Å². The molecule has 0 amide bonds. The van der Waals surface area contributed by atoms with Gasteiger partial charge in [0.15, 0.2) is 5.96 Å². The zero-order valence-corrected chi connectivity index (χ0v) is 12.9. The summed E-state index contributed by atoms with van der Waals surface area (Å²) in [6, 6.07) is 0. The van der Waals surface area contributed by atoms with Crippen LogP contribution >= 0.6 is 11.3 Å². The van der Waals surface area contributed by atoms with Crippen LogP contribution in [0.25, 0.3) is 0 Å². The SMILES string of the molecule is C/C=C/CCN=C(NCC)NCCc1ncc(C)s1. The van der Waals surface area contributed by atoms with Crippen LogP contribution in [0.4, 0.5) is 0 Å². The van der Waals surface area contributed by atoms with Crippen molar-refractivity contribution in [2.45, 2.75) is 33.6 Å². The predicted molar refractivity (Wildman–Crippen MR) is 84.0 cm³/mol. The van der Waals surface area contributed by atoms with E-state index in [4.69, 9.17) is 0 Å². The molecule has 0 radical (unpaired) electrons. The van der Waals surface area contributed by atoms with Crippen LogP contribution in [0, 0.1) is 6.92 Å². The van der Waals surface area contributed by atoms with E-state index in [1.165, 1.54) is 9.88 Å². The number of thiazole rings is 1. The van der Waals surface area contributed by atoms with E-state index in [-0.39, 0.29) is 0 Å². The van der Waals surface area contributed by atoms with E-state index >= 15 is 0 Å². The van der Waals surface area contributed by atoms with Gasteiger partial charge in [-0.2, -0.15) is 0 Å². The third-order valence-corrected chi connectivity index (χ3v) is 3.42. The largest absolute Gasteiger partial charge is 0.357 e. The molecular formula is C14H24N4S. The highest BCUT2D eigenvalue weighted by Crippen LogP contribution is 2.10. The molecule has 2 N–H and O–H groups in total. The molecule has 0 saturated carbocycles. The van der Waals surface area contributed by atoms with Gasteiger partial charge >= 0.3 is 0 Å². The highest BCUT2D eigenvalue weighted by Gasteiger charge is 2.00. The van der Waals surface area contributed by atoms with Gasteiger partial charge in [0.1, 0.15) is 0 Å². The molecule has 19 heavy (non-hydrogen) atoms. The van der Waals surface area contributed by atoms with Gasteiger partial charge < -0.3 is 10.6 Å². The smallest absolute Gasteiger partial charge is 0.191 e. The number of guanidine groups is 1. The Morgan fingerprint density at radius 2 is 2.32 bits per heavy atom. The van der Waals surface area contributed by atoms with Crippen molar-refractivity contribution in [2.75, 3.05) is 19.6 Å². The van der Waals surface area contributed by atoms with E-state index in [2.05, 4.69) is 46.6 Å². The summed E-state index contributed by atoms with van der Waals surface area (Å²) in [6.07, 6.45) is 8.04. The molecule has 0 saturated heterocycles. The first-order valence-electron chi connectivity index (χ1n) is 6.81. The summed E-state index contributed by atoms with van der Waals surface area (Å²) in [7, 11) is 0. The molecule has 1 rings (SSSR count). The molecule has 106 valence electrons. The summed E-state index contributed by atoms with van der Waals surface area (Å²) >= 11 is 1.76. The first kappa shape index (κ1) is 15.7. The summed E-state index contributed by atoms with van der Waals surface area (Å²) in [4.78, 5) is 10.1. The Kier molecular flexibility index (Phi) is 7.89. The molecule has 0 spiro atoms. The molecule has 0 fully saturated rings. The monoisotopic (exact) mass is 280 g/mol. The maximum absolute atomic E-state index is 4.51. The van der Waals surface area contributed by atoms with Gasteiger partial charge in [-0.3, -0.25) is 4.99 Å². The van der Waals surface area contributed by atoms with Gasteiger partial charge in [0.2, 0.25) is 0 Å². The molecule has 0 aliphatic heterocycles. The number of nitrogens with one attached hydrogen (secondary N) is 2. The van der Waals surface area contributed by atoms with Crippen molar-refractivity contribution < 1.29 is 0 Å². The van der Waals surface area contributed by atoms with Crippen molar-refractivity contribution in [2.24, 2.45) is 4.99 Å². The fourth-order valence-corrected chi connectivity index (χ4v) is 2.35. The Morgan fingerprint density at radius 3 is 2.95 bits per heavy atom. The number of hydrogen-bond donors (Lipinski definition) is 2. The standard InChI is InChI=1S/C14H24N4S/c1-4-6-7-9-16-14(15-5-2)17-10-8-13-18-11-12(3)19-13/h4,6,11H,5,7-10H2,1-3H3,(H2,15,16,17)/b6-4+. The first-order valence-corrected chi connectivity index (χ1v) is 7.62. The van der Waals surface area contributed by atoms with Gasteiger partial charge in [-0.05, 0) is 27.2 Å². The lowest BCUT2D eigenvalue weighted by molar-refractivity contribution is 0.796. The van der Waals surface area contributed by atoms with Crippen molar-refractivity contribution in [3.63, 3.8) is 0 Å². The average Bonchev–Trinajstić information content (AvgIpc) is 2.80. The second kappa shape index (κ2) is 9.55. The number of aryl methyl sites for hydroxylation is 1. The number of hydrogen-bond acceptors (Lipinski definition) is 3. The van der Waals surface area contributed by atoms with Crippen LogP contribution in [-0.2, 0) is 6.42 Å². The summed E-state index contributed by atoms with van der Waals surface area (Å²) in [6.45, 7) is 8.75. The quantitative estimate of drug-likeness (QED) is 0.349. The maximum Gasteiger partial charge on any atom is 0.191 e. The van der Waals surface area contributed by atoms with Crippen molar-refractivity contribution >= 4 is 17.3 Å². The van der Waals surface area contributed by atoms with Crippen LogP contribution < -0.4 is 10.6 Å². The fraction of sp³-hybridized carbons (Fsp3) is 0.571. The Hall–Kier alpha value is -1.36. The molecule has 0 atom stereocenters. The summed E-state index contributed by atoms with van der Waals surface area (Å²) in [5, 5.41) is 7.76. The van der Waals surface area contributed by atoms with E-state index < -0.39 is 0 Å². The van der Waals surface area contributed by atoms with Crippen molar-refractivity contribution in [1.29, 1.82) is 0 Å². The van der Waals surface area contributed by atoms with Gasteiger partial charge in [-0.25, -0.2) is 4.98 Å². The number of rotatable bonds is 7. The van der Waals surface area contributed by atoms with Gasteiger partial charge in [0.25, 0.3) is 0 Å². The first-order chi connectivity index (χ1) is 9.26. The van der Waals surface area contributed by atoms with Crippen LogP contribution in [0.3, 0.4) is 0 Å². The molecule has 1 heterocycles. The van der Waals surface area contributed by atoms with Gasteiger partial charge in [0, 0.05) is 37.1 Å². The molecule has 0 aliphatic rings. The normalized spacial score (nSPS) is 12.1. The van der Waals surface area contributed by atoms with Crippen LogP contribution in [0.2, 0.25) is 0 Å². The highest BCUT2D eigenvalue weighted by atomic mass is 32.1. The van der Waals surface area contributed by atoms with Gasteiger partial charge in [0.05, 0.1) is 5.01 Å². The number of aliphatic imine (C=N–C) groups is 1. The lowest BCUT2D eigenvalue weighted by Crippen LogP contribution is -2.38. The van der Waals surface area contributed by atoms with Crippen molar-refractivity contribution in [3.05, 3.63) is 28.2 Å². The molecule has 1 aromatic heterocycles. The molecule has 1 aromatic rings. The molecule has 0 aliphatic carbocycles. The van der Waals surface area contributed by atoms with Gasteiger partial charge in [-0.15, -0.1) is 11.3 Å². The number of nitrogens with zero attached hydrogens (tertiary/aromatic N) is 2. The molecular weight excluding hydrogens is 256 g/mol. The average molecular weight is 280 g/mol. The van der Waals surface area contributed by atoms with Crippen LogP contribution in [0.5, 0.6) is 0 Å². The van der Waals surface area contributed by atoms with E-state index in [9.17, 15) is 0 Å². The minimum absolute atomic E-state index is 0.816. The minimum Gasteiger partial charge on any atom is -0.357 e. The van der Waals surface area contributed by atoms with Crippen LogP contribution in [0.1, 0.15) is 30.2 Å². The zero-order valence-electron chi connectivity index (χ0n) is 12.1. The second-order valence-electron chi connectivity index (χ2n) is 4.16. The third kappa shape index (κ3) is 6.96. The zero-order chi connectivity index (χ0) is 13.9. The number of aromatic nitrogens is 1. The number of allylic oxidation sites excluding steroid dienone is 1. The van der Waals surface area contributed by atoms with E-state index in [0.717, 1.165) is 38.4 Å². The van der Waals surface area contributed by atoms with Crippen LogP contribution in [0.15, 0.2) is 23.3 Å². The molecule has 4 nitrogen and oxygen atoms in total. The molecule has 0 aromatic carbocycles. The highest BCUT2D eigenvalue weighted by molar-refractivity contribution is 7.11. The molecule has 5 heteroatoms. The van der Waals surface area contributed by atoms with Crippen LogP contribution in [-0.4, -0.2) is 30.6 Å². The summed E-state index contributed by atoms with van der Waals surface area (Å²) in [5.41, 5.74) is 0. The van der Waals surface area contributed by atoms with E-state index in [1.54, 1.807) is 11.3 Å². The van der Waals surface area contributed by atoms with Crippen molar-refractivity contribution in [3.8, 4) is 0 Å². The maximum atomic E-state index is 4.51. The summed E-state index contributed by atoms with van der Waals surface area (Å²) < 4.78 is 0. The van der Waals surface area contributed by atoms with Crippen molar-refractivity contribution in [1.82, 2.24) is 15.6 Å². The lowest BCUT2D eigenvalue weighted by atomic mass is 10.4. The topological polar surface area (TPSA) is 49.3 Å².